The first-order valence-electron chi connectivity index (χ1n) is 10.1. The predicted octanol–water partition coefficient (Wildman–Crippen LogP) is 3.24. The molecule has 1 fully saturated rings. The van der Waals surface area contributed by atoms with Gasteiger partial charge in [0.15, 0.2) is 0 Å². The summed E-state index contributed by atoms with van der Waals surface area (Å²) >= 11 is 5.88. The maximum Gasteiger partial charge on any atom is 0.306 e. The Hall–Kier alpha value is -2.34. The van der Waals surface area contributed by atoms with Gasteiger partial charge >= 0.3 is 5.97 Å². The largest absolute Gasteiger partial charge is 0.463 e. The second kappa shape index (κ2) is 10.4. The molecule has 0 bridgehead atoms. The molecule has 0 spiro atoms. The molecular formula is C22H27ClN2O4. The summed E-state index contributed by atoms with van der Waals surface area (Å²) in [5.74, 6) is -0.823. The highest BCUT2D eigenvalue weighted by Crippen LogP contribution is 2.24. The van der Waals surface area contributed by atoms with Crippen LogP contribution in [0.15, 0.2) is 36.4 Å². The van der Waals surface area contributed by atoms with Crippen LogP contribution < -0.4 is 5.32 Å². The van der Waals surface area contributed by atoms with Crippen molar-refractivity contribution in [2.45, 2.75) is 51.1 Å². The minimum absolute atomic E-state index is 0.0320. The normalized spacial score (nSPS) is 23.0. The highest BCUT2D eigenvalue weighted by atomic mass is 35.5. The monoisotopic (exact) mass is 418 g/mol. The molecule has 2 atom stereocenters. The lowest BCUT2D eigenvalue weighted by molar-refractivity contribution is -0.148. The van der Waals surface area contributed by atoms with E-state index >= 15 is 0 Å². The third-order valence-electron chi connectivity index (χ3n) is 5.38. The molecule has 1 aromatic carbocycles. The number of carbonyl (C=O) groups is 3. The van der Waals surface area contributed by atoms with Gasteiger partial charge in [-0.25, -0.2) is 0 Å². The summed E-state index contributed by atoms with van der Waals surface area (Å²) < 4.78 is 5.33. The number of halogens is 1. The van der Waals surface area contributed by atoms with Crippen molar-refractivity contribution in [2.24, 2.45) is 5.92 Å². The Labute approximate surface area is 176 Å². The van der Waals surface area contributed by atoms with E-state index < -0.39 is 5.92 Å². The van der Waals surface area contributed by atoms with Crippen molar-refractivity contribution in [2.75, 3.05) is 13.2 Å². The number of amides is 2. The van der Waals surface area contributed by atoms with Crippen molar-refractivity contribution in [3.05, 3.63) is 47.0 Å². The number of hydrogen-bond donors (Lipinski definition) is 1. The van der Waals surface area contributed by atoms with E-state index in [-0.39, 0.29) is 36.9 Å². The number of fused-ring (bicyclic) bond motifs is 1. The van der Waals surface area contributed by atoms with Gasteiger partial charge < -0.3 is 15.0 Å². The third kappa shape index (κ3) is 6.32. The van der Waals surface area contributed by atoms with Crippen LogP contribution in [0.25, 0.3) is 0 Å². The number of nitrogens with one attached hydrogen (secondary N) is 1. The molecule has 0 unspecified atom stereocenters. The van der Waals surface area contributed by atoms with Crippen LogP contribution in [0.5, 0.6) is 0 Å². The molecule has 6 nitrogen and oxygen atoms in total. The van der Waals surface area contributed by atoms with Crippen molar-refractivity contribution in [3.63, 3.8) is 0 Å². The Bertz CT molecular complexity index is 763. The first-order chi connectivity index (χ1) is 14.0. The summed E-state index contributed by atoms with van der Waals surface area (Å²) in [4.78, 5) is 39.2. The van der Waals surface area contributed by atoms with Gasteiger partial charge in [0.25, 0.3) is 0 Å². The van der Waals surface area contributed by atoms with Gasteiger partial charge in [0.05, 0.1) is 12.0 Å². The summed E-state index contributed by atoms with van der Waals surface area (Å²) in [6.45, 7) is 1.28. The van der Waals surface area contributed by atoms with E-state index in [1.807, 2.05) is 24.3 Å². The summed E-state index contributed by atoms with van der Waals surface area (Å²) in [7, 11) is 0. The Morgan fingerprint density at radius 1 is 1.21 bits per heavy atom. The molecule has 0 aliphatic carbocycles. The number of hydrogen-bond acceptors (Lipinski definition) is 4. The van der Waals surface area contributed by atoms with E-state index in [1.165, 1.54) is 0 Å². The van der Waals surface area contributed by atoms with Crippen molar-refractivity contribution < 1.29 is 19.1 Å². The van der Waals surface area contributed by atoms with Gasteiger partial charge in [-0.15, -0.1) is 0 Å². The Kier molecular flexibility index (Phi) is 7.69. The van der Waals surface area contributed by atoms with Crippen LogP contribution in [0.4, 0.5) is 0 Å². The minimum Gasteiger partial charge on any atom is -0.463 e. The average molecular weight is 419 g/mol. The molecule has 2 heterocycles. The van der Waals surface area contributed by atoms with Crippen LogP contribution in [-0.2, 0) is 25.7 Å². The minimum atomic E-state index is -0.410. The first kappa shape index (κ1) is 21.4. The predicted molar refractivity (Wildman–Crippen MR) is 110 cm³/mol. The number of cyclic esters (lactones) is 1. The van der Waals surface area contributed by atoms with Crippen LogP contribution in [0, 0.1) is 5.92 Å². The highest BCUT2D eigenvalue weighted by Gasteiger charge is 2.34. The van der Waals surface area contributed by atoms with Gasteiger partial charge in [0, 0.05) is 31.0 Å². The molecule has 156 valence electrons. The van der Waals surface area contributed by atoms with E-state index in [4.69, 9.17) is 16.3 Å². The molecule has 2 aliphatic heterocycles. The summed E-state index contributed by atoms with van der Waals surface area (Å²) in [5, 5.41) is 3.54. The third-order valence-corrected chi connectivity index (χ3v) is 5.64. The number of nitrogens with zero attached hydrogens (tertiary/aromatic N) is 1. The summed E-state index contributed by atoms with van der Waals surface area (Å²) in [6.07, 6.45) is 7.04. The van der Waals surface area contributed by atoms with Gasteiger partial charge in [-0.2, -0.15) is 0 Å². The molecule has 0 saturated carbocycles. The zero-order valence-electron chi connectivity index (χ0n) is 16.4. The van der Waals surface area contributed by atoms with Gasteiger partial charge in [0.2, 0.25) is 11.8 Å². The van der Waals surface area contributed by atoms with Crippen molar-refractivity contribution >= 4 is 29.4 Å². The van der Waals surface area contributed by atoms with Crippen LogP contribution in [-0.4, -0.2) is 41.9 Å². The molecule has 0 radical (unpaired) electrons. The summed E-state index contributed by atoms with van der Waals surface area (Å²) in [5.41, 5.74) is 0.953. The van der Waals surface area contributed by atoms with Gasteiger partial charge in [-0.3, -0.25) is 14.4 Å². The van der Waals surface area contributed by atoms with E-state index in [9.17, 15) is 14.4 Å². The Balaban J connectivity index is 1.63. The molecule has 1 N–H and O–H groups in total. The van der Waals surface area contributed by atoms with Gasteiger partial charge in [0.1, 0.15) is 6.61 Å². The number of carbonyl (C=O) groups excluding carboxylic acids is 3. The fraction of sp³-hybridized carbons (Fsp3) is 0.500. The number of allylic oxidation sites excluding steroid dienone is 2. The molecule has 1 saturated heterocycles. The molecule has 1 aromatic rings. The van der Waals surface area contributed by atoms with E-state index in [0.29, 0.717) is 37.4 Å². The van der Waals surface area contributed by atoms with Gasteiger partial charge in [-0.1, -0.05) is 35.9 Å². The number of benzene rings is 1. The van der Waals surface area contributed by atoms with Gasteiger partial charge in [-0.05, 0) is 43.4 Å². The topological polar surface area (TPSA) is 75.7 Å². The second-order valence-electron chi connectivity index (χ2n) is 7.56. The molecule has 7 heteroatoms. The van der Waals surface area contributed by atoms with E-state index in [1.54, 1.807) is 17.0 Å². The SMILES string of the molecule is O=C(C[C@@H]1CC=CCCC(=O)OC[C@@H]2CCCN2C1=O)NCc1ccc(Cl)cc1. The standard InChI is InChI=1S/C22H27ClN2O4/c23-18-10-8-16(9-11-18)14-24-20(26)13-17-5-2-1-3-7-21(27)29-15-19-6-4-12-25(19)22(17)28/h1-2,8-11,17,19H,3-7,12-15H2,(H,24,26)/t17-,19-/m0/s1. The molecule has 2 aliphatic rings. The van der Waals surface area contributed by atoms with Crippen LogP contribution in [0.3, 0.4) is 0 Å². The lowest BCUT2D eigenvalue weighted by atomic mass is 9.97. The van der Waals surface area contributed by atoms with Crippen LogP contribution >= 0.6 is 11.6 Å². The molecule has 2 amide bonds. The maximum atomic E-state index is 13.1. The Morgan fingerprint density at radius 2 is 2.00 bits per heavy atom. The number of esters is 1. The van der Waals surface area contributed by atoms with Crippen LogP contribution in [0.2, 0.25) is 5.02 Å². The smallest absolute Gasteiger partial charge is 0.306 e. The molecular weight excluding hydrogens is 392 g/mol. The summed E-state index contributed by atoms with van der Waals surface area (Å²) in [6, 6.07) is 7.20. The van der Waals surface area contributed by atoms with Crippen molar-refractivity contribution in [3.8, 4) is 0 Å². The van der Waals surface area contributed by atoms with Crippen molar-refractivity contribution in [1.29, 1.82) is 0 Å². The molecule has 0 aromatic heterocycles. The van der Waals surface area contributed by atoms with Crippen LogP contribution in [0.1, 0.15) is 44.1 Å². The average Bonchev–Trinajstić information content (AvgIpc) is 3.18. The lowest BCUT2D eigenvalue weighted by Gasteiger charge is -2.28. The second-order valence-corrected chi connectivity index (χ2v) is 8.00. The fourth-order valence-corrected chi connectivity index (χ4v) is 3.87. The molecule has 29 heavy (non-hydrogen) atoms. The zero-order valence-corrected chi connectivity index (χ0v) is 17.2. The van der Waals surface area contributed by atoms with Crippen molar-refractivity contribution in [1.82, 2.24) is 10.2 Å². The van der Waals surface area contributed by atoms with E-state index in [0.717, 1.165) is 18.4 Å². The molecule has 3 rings (SSSR count). The highest BCUT2D eigenvalue weighted by molar-refractivity contribution is 6.30. The first-order valence-corrected chi connectivity index (χ1v) is 10.5. The zero-order chi connectivity index (χ0) is 20.6. The fourth-order valence-electron chi connectivity index (χ4n) is 3.74. The Morgan fingerprint density at radius 3 is 2.79 bits per heavy atom. The maximum absolute atomic E-state index is 13.1. The number of ether oxygens (including phenoxy) is 1. The van der Waals surface area contributed by atoms with E-state index in [2.05, 4.69) is 5.32 Å². The number of rotatable bonds is 4. The lowest BCUT2D eigenvalue weighted by Crippen LogP contribution is -2.43. The quantitative estimate of drug-likeness (QED) is 0.601.